The summed E-state index contributed by atoms with van der Waals surface area (Å²) >= 11 is 3.71. The van der Waals surface area contributed by atoms with E-state index >= 15 is 0 Å². The van der Waals surface area contributed by atoms with Gasteiger partial charge in [0.1, 0.15) is 5.76 Å². The topological polar surface area (TPSA) is 12.5 Å². The largest absolute Gasteiger partial charge is 0.434 e. The molecule has 1 aliphatic heterocycles. The lowest BCUT2D eigenvalue weighted by Gasteiger charge is -2.19. The Morgan fingerprint density at radius 3 is 3.00 bits per heavy atom. The van der Waals surface area contributed by atoms with Crippen LogP contribution in [-0.4, -0.2) is 25.0 Å². The number of thiol groups is 1. The Balaban J connectivity index is 2.40. The Hall–Kier alpha value is -0.150. The van der Waals surface area contributed by atoms with Gasteiger partial charge in [-0.15, -0.1) is 0 Å². The van der Waals surface area contributed by atoms with Crippen LogP contribution in [0.2, 0.25) is 0 Å². The molecule has 0 amide bonds. The van der Waals surface area contributed by atoms with E-state index in [1.807, 2.05) is 0 Å². The van der Waals surface area contributed by atoms with E-state index in [0.717, 1.165) is 25.3 Å². The molecule has 1 aliphatic rings. The molecule has 3 heteroatoms. The van der Waals surface area contributed by atoms with Gasteiger partial charge < -0.3 is 9.08 Å². The summed E-state index contributed by atoms with van der Waals surface area (Å²) in [5, 5.41) is 0. The van der Waals surface area contributed by atoms with Crippen LogP contribution in [0.4, 0.5) is 0 Å². The standard InChI is InChI=1S/C6H11NOS/c1-7-4-2-6(8-9)3-5-7/h2,9H,3-5H2,1H3. The Bertz CT molecular complexity index is 124. The third kappa shape index (κ3) is 1.91. The van der Waals surface area contributed by atoms with Crippen LogP contribution in [0.15, 0.2) is 11.8 Å². The summed E-state index contributed by atoms with van der Waals surface area (Å²) in [4.78, 5) is 2.23. The molecular weight excluding hydrogens is 134 g/mol. The van der Waals surface area contributed by atoms with Gasteiger partial charge in [0.25, 0.3) is 0 Å². The highest BCUT2D eigenvalue weighted by Crippen LogP contribution is 2.10. The van der Waals surface area contributed by atoms with Crippen molar-refractivity contribution in [3.05, 3.63) is 11.8 Å². The number of nitrogens with zero attached hydrogens (tertiary/aromatic N) is 1. The molecule has 0 fully saturated rings. The molecule has 0 bridgehead atoms. The monoisotopic (exact) mass is 145 g/mol. The first-order valence-electron chi connectivity index (χ1n) is 3.02. The fourth-order valence-corrected chi connectivity index (χ4v) is 1.00. The average Bonchev–Trinajstić information content (AvgIpc) is 1.90. The first-order valence-corrected chi connectivity index (χ1v) is 3.38. The lowest BCUT2D eigenvalue weighted by atomic mass is 10.2. The van der Waals surface area contributed by atoms with Crippen LogP contribution in [0.1, 0.15) is 6.42 Å². The van der Waals surface area contributed by atoms with Crippen molar-refractivity contribution in [1.29, 1.82) is 0 Å². The molecule has 0 unspecified atom stereocenters. The Labute approximate surface area is 61.1 Å². The minimum absolute atomic E-state index is 0.982. The van der Waals surface area contributed by atoms with Gasteiger partial charge in [-0.1, -0.05) is 0 Å². The quantitative estimate of drug-likeness (QED) is 0.437. The van der Waals surface area contributed by atoms with Crippen LogP contribution >= 0.6 is 12.9 Å². The maximum atomic E-state index is 4.77. The summed E-state index contributed by atoms with van der Waals surface area (Å²) in [6, 6.07) is 0. The molecule has 0 N–H and O–H groups in total. The summed E-state index contributed by atoms with van der Waals surface area (Å²) in [5.41, 5.74) is 0. The lowest BCUT2D eigenvalue weighted by molar-refractivity contribution is 0.320. The highest BCUT2D eigenvalue weighted by molar-refractivity contribution is 7.75. The molecule has 2 nitrogen and oxygen atoms in total. The Morgan fingerprint density at radius 1 is 1.78 bits per heavy atom. The molecule has 0 spiro atoms. The molecule has 0 atom stereocenters. The second kappa shape index (κ2) is 3.13. The Kier molecular flexibility index (Phi) is 2.42. The van der Waals surface area contributed by atoms with E-state index in [1.54, 1.807) is 0 Å². The van der Waals surface area contributed by atoms with E-state index in [9.17, 15) is 0 Å². The summed E-state index contributed by atoms with van der Waals surface area (Å²) in [7, 11) is 2.09. The van der Waals surface area contributed by atoms with Crippen molar-refractivity contribution in [2.75, 3.05) is 20.1 Å². The van der Waals surface area contributed by atoms with Gasteiger partial charge in [-0.05, 0) is 13.1 Å². The molecule has 0 aliphatic carbocycles. The van der Waals surface area contributed by atoms with Gasteiger partial charge in [0.05, 0.1) is 0 Å². The first kappa shape index (κ1) is 6.96. The van der Waals surface area contributed by atoms with E-state index in [2.05, 4.69) is 30.9 Å². The molecule has 0 saturated heterocycles. The molecular formula is C6H11NOS. The molecule has 1 heterocycles. The molecule has 0 radical (unpaired) electrons. The molecule has 0 aromatic carbocycles. The SMILES string of the molecule is CN1CC=C(OS)CC1. The normalized spacial score (nSPS) is 21.3. The maximum absolute atomic E-state index is 4.77. The van der Waals surface area contributed by atoms with Gasteiger partial charge in [-0.25, -0.2) is 0 Å². The van der Waals surface area contributed by atoms with Crippen LogP contribution in [0, 0.1) is 0 Å². The zero-order valence-corrected chi connectivity index (χ0v) is 6.40. The summed E-state index contributed by atoms with van der Waals surface area (Å²) in [6.45, 7) is 2.06. The van der Waals surface area contributed by atoms with Gasteiger partial charge in [0.15, 0.2) is 0 Å². The first-order chi connectivity index (χ1) is 4.33. The van der Waals surface area contributed by atoms with Crippen LogP contribution in [0.3, 0.4) is 0 Å². The van der Waals surface area contributed by atoms with Crippen molar-refractivity contribution < 1.29 is 4.18 Å². The maximum Gasteiger partial charge on any atom is 0.112 e. The van der Waals surface area contributed by atoms with Gasteiger partial charge in [-0.2, -0.15) is 0 Å². The van der Waals surface area contributed by atoms with Crippen molar-refractivity contribution >= 4 is 12.9 Å². The molecule has 0 saturated carbocycles. The second-order valence-corrected chi connectivity index (χ2v) is 2.46. The van der Waals surface area contributed by atoms with Crippen LogP contribution in [0.25, 0.3) is 0 Å². The molecule has 0 aromatic rings. The zero-order valence-electron chi connectivity index (χ0n) is 5.50. The zero-order chi connectivity index (χ0) is 6.69. The minimum Gasteiger partial charge on any atom is -0.434 e. The van der Waals surface area contributed by atoms with Crippen LogP contribution in [0.5, 0.6) is 0 Å². The summed E-state index contributed by atoms with van der Waals surface area (Å²) in [5.74, 6) is 0.997. The van der Waals surface area contributed by atoms with E-state index in [0.29, 0.717) is 0 Å². The van der Waals surface area contributed by atoms with E-state index in [4.69, 9.17) is 4.18 Å². The molecule has 0 aromatic heterocycles. The van der Waals surface area contributed by atoms with Gasteiger partial charge in [0.2, 0.25) is 0 Å². The van der Waals surface area contributed by atoms with E-state index in [1.165, 1.54) is 0 Å². The third-order valence-electron chi connectivity index (χ3n) is 1.49. The second-order valence-electron chi connectivity index (χ2n) is 2.27. The fraction of sp³-hybridized carbons (Fsp3) is 0.667. The number of likely N-dealkylation sites (N-methyl/N-ethyl adjacent to an activating group) is 1. The van der Waals surface area contributed by atoms with Gasteiger partial charge in [-0.3, -0.25) is 0 Å². The molecule has 1 rings (SSSR count). The van der Waals surface area contributed by atoms with Gasteiger partial charge in [0, 0.05) is 32.4 Å². The number of rotatable bonds is 1. The van der Waals surface area contributed by atoms with E-state index < -0.39 is 0 Å². The average molecular weight is 145 g/mol. The van der Waals surface area contributed by atoms with Crippen molar-refractivity contribution in [2.24, 2.45) is 0 Å². The highest BCUT2D eigenvalue weighted by Gasteiger charge is 2.06. The summed E-state index contributed by atoms with van der Waals surface area (Å²) in [6.07, 6.45) is 3.04. The third-order valence-corrected chi connectivity index (χ3v) is 1.72. The predicted molar refractivity (Wildman–Crippen MR) is 40.3 cm³/mol. The van der Waals surface area contributed by atoms with Crippen LogP contribution < -0.4 is 0 Å². The fourth-order valence-electron chi connectivity index (χ4n) is 0.835. The van der Waals surface area contributed by atoms with Crippen molar-refractivity contribution in [2.45, 2.75) is 6.42 Å². The Morgan fingerprint density at radius 2 is 2.56 bits per heavy atom. The minimum atomic E-state index is 0.982. The van der Waals surface area contributed by atoms with Crippen molar-refractivity contribution in [3.63, 3.8) is 0 Å². The smallest absolute Gasteiger partial charge is 0.112 e. The van der Waals surface area contributed by atoms with E-state index in [-0.39, 0.29) is 0 Å². The lowest BCUT2D eigenvalue weighted by Crippen LogP contribution is -2.24. The number of hydrogen-bond acceptors (Lipinski definition) is 3. The van der Waals surface area contributed by atoms with Crippen molar-refractivity contribution in [1.82, 2.24) is 4.90 Å². The molecule has 9 heavy (non-hydrogen) atoms. The van der Waals surface area contributed by atoms with Crippen molar-refractivity contribution in [3.8, 4) is 0 Å². The predicted octanol–water partition coefficient (Wildman–Crippen LogP) is 1.07. The number of hydrogen-bond donors (Lipinski definition) is 1. The van der Waals surface area contributed by atoms with Gasteiger partial charge >= 0.3 is 0 Å². The van der Waals surface area contributed by atoms with Crippen LogP contribution in [-0.2, 0) is 4.18 Å². The molecule has 52 valence electrons. The summed E-state index contributed by atoms with van der Waals surface area (Å²) < 4.78 is 4.77. The highest BCUT2D eigenvalue weighted by atomic mass is 32.1.